The molecule has 2 amide bonds. The molecule has 0 aliphatic carbocycles. The molecule has 0 saturated carbocycles. The summed E-state index contributed by atoms with van der Waals surface area (Å²) in [6.07, 6.45) is -0.365. The molecule has 2 N–H and O–H groups in total. The van der Waals surface area contributed by atoms with Crippen molar-refractivity contribution in [3.05, 3.63) is 35.9 Å². The molecule has 2 fully saturated rings. The van der Waals surface area contributed by atoms with Crippen LogP contribution in [-0.2, 0) is 14.4 Å². The van der Waals surface area contributed by atoms with Crippen molar-refractivity contribution >= 4 is 17.8 Å². The molecular weight excluding hydrogens is 300 g/mol. The lowest BCUT2D eigenvalue weighted by atomic mass is 10.1. The molecule has 0 bridgehead atoms. The molecule has 2 aliphatic rings. The summed E-state index contributed by atoms with van der Waals surface area (Å²) >= 11 is 0. The van der Waals surface area contributed by atoms with Crippen LogP contribution < -0.4 is 0 Å². The van der Waals surface area contributed by atoms with Crippen molar-refractivity contribution < 1.29 is 24.6 Å². The van der Waals surface area contributed by atoms with Gasteiger partial charge in [0, 0.05) is 6.54 Å². The van der Waals surface area contributed by atoms with E-state index in [2.05, 4.69) is 0 Å². The Labute approximate surface area is 133 Å². The van der Waals surface area contributed by atoms with Crippen molar-refractivity contribution in [2.24, 2.45) is 0 Å². The van der Waals surface area contributed by atoms with Crippen molar-refractivity contribution in [2.75, 3.05) is 13.1 Å². The van der Waals surface area contributed by atoms with E-state index in [0.29, 0.717) is 18.4 Å². The van der Waals surface area contributed by atoms with E-state index in [9.17, 15) is 19.5 Å². The standard InChI is InChI=1S/C16H18N2O5/c19-13-9-17(8-11-6-7-12(16(22)23)18(11)13)15(21)14(20)10-4-2-1-3-5-10/h1-5,11-12,14,20H,6-9H2,(H,22,23). The van der Waals surface area contributed by atoms with Gasteiger partial charge in [-0.3, -0.25) is 9.59 Å². The number of aliphatic carboxylic acids is 1. The summed E-state index contributed by atoms with van der Waals surface area (Å²) in [5.74, 6) is -1.91. The van der Waals surface area contributed by atoms with Gasteiger partial charge in [0.25, 0.3) is 5.91 Å². The Morgan fingerprint density at radius 2 is 1.87 bits per heavy atom. The molecule has 7 nitrogen and oxygen atoms in total. The van der Waals surface area contributed by atoms with Crippen LogP contribution in [0.15, 0.2) is 30.3 Å². The monoisotopic (exact) mass is 318 g/mol. The van der Waals surface area contributed by atoms with Gasteiger partial charge in [-0.15, -0.1) is 0 Å². The number of nitrogens with zero attached hydrogens (tertiary/aromatic N) is 2. The van der Waals surface area contributed by atoms with Gasteiger partial charge >= 0.3 is 5.97 Å². The first-order chi connectivity index (χ1) is 11.0. The number of amides is 2. The molecule has 3 atom stereocenters. The fourth-order valence-electron chi connectivity index (χ4n) is 3.36. The number of carbonyl (C=O) groups is 3. The second kappa shape index (κ2) is 6.00. The minimum Gasteiger partial charge on any atom is -0.480 e. The first-order valence-corrected chi connectivity index (χ1v) is 7.55. The SMILES string of the molecule is O=C(O)C1CCC2CN(C(=O)C(O)c3ccccc3)CC(=O)N21. The third kappa shape index (κ3) is 2.79. The number of carbonyl (C=O) groups excluding carboxylic acids is 2. The molecule has 2 aliphatic heterocycles. The van der Waals surface area contributed by atoms with Crippen LogP contribution in [-0.4, -0.2) is 63.0 Å². The number of fused-ring (bicyclic) bond motifs is 1. The number of hydrogen-bond donors (Lipinski definition) is 2. The third-order valence-electron chi connectivity index (χ3n) is 4.49. The number of hydrogen-bond acceptors (Lipinski definition) is 4. The van der Waals surface area contributed by atoms with Gasteiger partial charge in [-0.1, -0.05) is 30.3 Å². The molecule has 1 aromatic rings. The van der Waals surface area contributed by atoms with E-state index in [0.717, 1.165) is 0 Å². The van der Waals surface area contributed by atoms with E-state index < -0.39 is 24.0 Å². The Balaban J connectivity index is 1.73. The van der Waals surface area contributed by atoms with Crippen LogP contribution in [0.2, 0.25) is 0 Å². The Morgan fingerprint density at radius 3 is 2.52 bits per heavy atom. The van der Waals surface area contributed by atoms with Gasteiger partial charge in [-0.05, 0) is 18.4 Å². The van der Waals surface area contributed by atoms with E-state index >= 15 is 0 Å². The highest BCUT2D eigenvalue weighted by atomic mass is 16.4. The Morgan fingerprint density at radius 1 is 1.17 bits per heavy atom. The molecule has 23 heavy (non-hydrogen) atoms. The topological polar surface area (TPSA) is 98.1 Å². The lowest BCUT2D eigenvalue weighted by Gasteiger charge is -2.39. The van der Waals surface area contributed by atoms with Gasteiger partial charge in [0.2, 0.25) is 5.91 Å². The Bertz CT molecular complexity index is 633. The minimum atomic E-state index is -1.31. The maximum atomic E-state index is 12.4. The van der Waals surface area contributed by atoms with Crippen molar-refractivity contribution in [1.82, 2.24) is 9.80 Å². The van der Waals surface area contributed by atoms with E-state index in [1.807, 2.05) is 0 Å². The van der Waals surface area contributed by atoms with Gasteiger partial charge in [0.05, 0.1) is 12.6 Å². The molecule has 0 aromatic heterocycles. The van der Waals surface area contributed by atoms with Crippen molar-refractivity contribution in [3.8, 4) is 0 Å². The summed E-state index contributed by atoms with van der Waals surface area (Å²) in [5, 5.41) is 19.4. The van der Waals surface area contributed by atoms with E-state index in [-0.39, 0.29) is 25.0 Å². The summed E-state index contributed by atoms with van der Waals surface area (Å²) < 4.78 is 0. The lowest BCUT2D eigenvalue weighted by molar-refractivity contribution is -0.158. The van der Waals surface area contributed by atoms with E-state index in [1.165, 1.54) is 9.80 Å². The number of aliphatic hydroxyl groups excluding tert-OH is 1. The fraction of sp³-hybridized carbons (Fsp3) is 0.438. The van der Waals surface area contributed by atoms with Gasteiger partial charge in [-0.25, -0.2) is 4.79 Å². The van der Waals surface area contributed by atoms with Crippen molar-refractivity contribution in [2.45, 2.75) is 31.0 Å². The molecule has 1 aromatic carbocycles. The van der Waals surface area contributed by atoms with Crippen LogP contribution in [0.4, 0.5) is 0 Å². The molecule has 3 rings (SSSR count). The second-order valence-electron chi connectivity index (χ2n) is 5.92. The van der Waals surface area contributed by atoms with Crippen LogP contribution in [0.3, 0.4) is 0 Å². The van der Waals surface area contributed by atoms with E-state index in [1.54, 1.807) is 30.3 Å². The first-order valence-electron chi connectivity index (χ1n) is 7.55. The minimum absolute atomic E-state index is 0.191. The van der Waals surface area contributed by atoms with Crippen LogP contribution >= 0.6 is 0 Å². The smallest absolute Gasteiger partial charge is 0.326 e. The quantitative estimate of drug-likeness (QED) is 0.818. The average molecular weight is 318 g/mol. The maximum Gasteiger partial charge on any atom is 0.326 e. The molecular formula is C16H18N2O5. The third-order valence-corrected chi connectivity index (χ3v) is 4.49. The summed E-state index contributed by atoms with van der Waals surface area (Å²) in [6, 6.07) is 7.45. The molecule has 122 valence electrons. The highest BCUT2D eigenvalue weighted by Crippen LogP contribution is 2.29. The highest BCUT2D eigenvalue weighted by Gasteiger charge is 2.46. The molecule has 0 spiro atoms. The van der Waals surface area contributed by atoms with Gasteiger partial charge in [-0.2, -0.15) is 0 Å². The number of carboxylic acid groups (broad SMARTS) is 1. The largest absolute Gasteiger partial charge is 0.480 e. The maximum absolute atomic E-state index is 12.4. The molecule has 2 saturated heterocycles. The van der Waals surface area contributed by atoms with E-state index in [4.69, 9.17) is 5.11 Å². The molecule has 7 heteroatoms. The predicted octanol–water partition coefficient (Wildman–Crippen LogP) is 0.00640. The lowest BCUT2D eigenvalue weighted by Crippen LogP contribution is -2.59. The summed E-state index contributed by atoms with van der Waals surface area (Å²) in [4.78, 5) is 38.6. The first kappa shape index (κ1) is 15.5. The number of carboxylic acids is 1. The van der Waals surface area contributed by atoms with Gasteiger partial charge in [0.1, 0.15) is 6.04 Å². The average Bonchev–Trinajstić information content (AvgIpc) is 2.99. The highest BCUT2D eigenvalue weighted by molar-refractivity contribution is 5.91. The van der Waals surface area contributed by atoms with Crippen molar-refractivity contribution in [3.63, 3.8) is 0 Å². The Kier molecular flexibility index (Phi) is 4.04. The Hall–Kier alpha value is -2.41. The van der Waals surface area contributed by atoms with Gasteiger partial charge in [0.15, 0.2) is 6.10 Å². The number of piperazine rings is 1. The van der Waals surface area contributed by atoms with Crippen LogP contribution in [0.1, 0.15) is 24.5 Å². The normalized spacial score (nSPS) is 25.2. The van der Waals surface area contributed by atoms with Crippen molar-refractivity contribution in [1.29, 1.82) is 0 Å². The zero-order chi connectivity index (χ0) is 16.6. The number of rotatable bonds is 3. The van der Waals surface area contributed by atoms with Crippen LogP contribution in [0.25, 0.3) is 0 Å². The number of aliphatic hydroxyl groups is 1. The predicted molar refractivity (Wildman–Crippen MR) is 79.3 cm³/mol. The van der Waals surface area contributed by atoms with Gasteiger partial charge < -0.3 is 20.0 Å². The number of benzene rings is 1. The molecule has 0 radical (unpaired) electrons. The van der Waals surface area contributed by atoms with Crippen LogP contribution in [0, 0.1) is 0 Å². The zero-order valence-electron chi connectivity index (χ0n) is 12.5. The molecule has 2 heterocycles. The molecule has 3 unspecified atom stereocenters. The summed E-state index contributed by atoms with van der Waals surface area (Å²) in [5.41, 5.74) is 0.474. The summed E-state index contributed by atoms with van der Waals surface area (Å²) in [7, 11) is 0. The second-order valence-corrected chi connectivity index (χ2v) is 5.92. The van der Waals surface area contributed by atoms with Crippen LogP contribution in [0.5, 0.6) is 0 Å². The fourth-order valence-corrected chi connectivity index (χ4v) is 3.36. The zero-order valence-corrected chi connectivity index (χ0v) is 12.5. The summed E-state index contributed by atoms with van der Waals surface area (Å²) in [6.45, 7) is 0.0707.